The van der Waals surface area contributed by atoms with Crippen molar-refractivity contribution >= 4 is 0 Å². The van der Waals surface area contributed by atoms with Crippen molar-refractivity contribution in [2.45, 2.75) is 44.0 Å². The van der Waals surface area contributed by atoms with Crippen LogP contribution in [-0.4, -0.2) is 53.2 Å². The molecule has 2 saturated heterocycles. The summed E-state index contributed by atoms with van der Waals surface area (Å²) < 4.78 is 38.4. The van der Waals surface area contributed by atoms with Gasteiger partial charge in [0, 0.05) is 26.2 Å². The molecule has 2 fully saturated rings. The second-order valence-electron chi connectivity index (χ2n) is 7.22. The monoisotopic (exact) mass is 342 g/mol. The molecule has 1 aromatic rings. The molecule has 24 heavy (non-hydrogen) atoms. The van der Waals surface area contributed by atoms with Crippen molar-refractivity contribution in [3.05, 3.63) is 35.4 Å². The van der Waals surface area contributed by atoms with Crippen LogP contribution in [0.4, 0.5) is 13.2 Å². The molecule has 1 aromatic carbocycles. The van der Waals surface area contributed by atoms with Gasteiger partial charge in [0.2, 0.25) is 0 Å². The Labute approximate surface area is 141 Å². The molecule has 0 bridgehead atoms. The minimum Gasteiger partial charge on any atom is -0.387 e. The van der Waals surface area contributed by atoms with Crippen LogP contribution < -0.4 is 0 Å². The van der Waals surface area contributed by atoms with Crippen molar-refractivity contribution in [2.24, 2.45) is 0 Å². The average molecular weight is 342 g/mol. The first-order chi connectivity index (χ1) is 11.3. The van der Waals surface area contributed by atoms with E-state index in [4.69, 9.17) is 0 Å². The summed E-state index contributed by atoms with van der Waals surface area (Å²) in [5.74, 6) is 0. The zero-order valence-electron chi connectivity index (χ0n) is 13.9. The lowest BCUT2D eigenvalue weighted by molar-refractivity contribution is -0.137. The molecular formula is C18H25F3N2O. The smallest absolute Gasteiger partial charge is 0.387 e. The maximum Gasteiger partial charge on any atom is 0.416 e. The third kappa shape index (κ3) is 4.49. The third-order valence-electron chi connectivity index (χ3n) is 5.04. The summed E-state index contributed by atoms with van der Waals surface area (Å²) in [5, 5.41) is 10.8. The molecule has 0 spiro atoms. The summed E-state index contributed by atoms with van der Waals surface area (Å²) in [7, 11) is 0. The fourth-order valence-electron chi connectivity index (χ4n) is 3.84. The lowest BCUT2D eigenvalue weighted by Gasteiger charge is -2.33. The Bertz CT molecular complexity index is 557. The van der Waals surface area contributed by atoms with E-state index >= 15 is 0 Å². The van der Waals surface area contributed by atoms with Gasteiger partial charge >= 0.3 is 6.18 Å². The van der Waals surface area contributed by atoms with Gasteiger partial charge in [-0.3, -0.25) is 4.90 Å². The number of benzene rings is 1. The highest BCUT2D eigenvalue weighted by atomic mass is 19.4. The Hall–Kier alpha value is -1.11. The summed E-state index contributed by atoms with van der Waals surface area (Å²) in [6.45, 7) is 4.45. The molecule has 1 N–H and O–H groups in total. The van der Waals surface area contributed by atoms with Gasteiger partial charge in [0.25, 0.3) is 0 Å². The zero-order chi connectivity index (χ0) is 17.2. The van der Waals surface area contributed by atoms with Crippen molar-refractivity contribution in [3.8, 4) is 0 Å². The van der Waals surface area contributed by atoms with Crippen LogP contribution >= 0.6 is 0 Å². The van der Waals surface area contributed by atoms with Crippen LogP contribution in [0.2, 0.25) is 0 Å². The van der Waals surface area contributed by atoms with Gasteiger partial charge in [-0.25, -0.2) is 0 Å². The van der Waals surface area contributed by atoms with E-state index in [0.29, 0.717) is 31.6 Å². The molecule has 2 aliphatic heterocycles. The van der Waals surface area contributed by atoms with Gasteiger partial charge in [0.1, 0.15) is 0 Å². The zero-order valence-corrected chi connectivity index (χ0v) is 13.9. The quantitative estimate of drug-likeness (QED) is 0.911. The molecule has 0 aliphatic carbocycles. The first-order valence-electron chi connectivity index (χ1n) is 8.67. The maximum absolute atomic E-state index is 12.8. The Morgan fingerprint density at radius 2 is 1.79 bits per heavy atom. The van der Waals surface area contributed by atoms with E-state index in [9.17, 15) is 18.3 Å². The third-order valence-corrected chi connectivity index (χ3v) is 5.04. The Morgan fingerprint density at radius 3 is 2.50 bits per heavy atom. The van der Waals surface area contributed by atoms with Gasteiger partial charge in [0.15, 0.2) is 0 Å². The summed E-state index contributed by atoms with van der Waals surface area (Å²) in [6.07, 6.45) is 0.00311. The molecule has 2 heterocycles. The fourth-order valence-corrected chi connectivity index (χ4v) is 3.84. The van der Waals surface area contributed by atoms with Crippen LogP contribution in [0, 0.1) is 0 Å². The highest BCUT2D eigenvalue weighted by Crippen LogP contribution is 2.30. The Kier molecular flexibility index (Phi) is 5.18. The minimum absolute atomic E-state index is 0.451. The van der Waals surface area contributed by atoms with E-state index in [2.05, 4.69) is 9.80 Å². The molecule has 0 unspecified atom stereocenters. The number of likely N-dealkylation sites (tertiary alicyclic amines) is 2. The predicted molar refractivity (Wildman–Crippen MR) is 86.6 cm³/mol. The van der Waals surface area contributed by atoms with Gasteiger partial charge in [-0.2, -0.15) is 13.2 Å². The van der Waals surface area contributed by atoms with Crippen LogP contribution in [0.15, 0.2) is 24.3 Å². The van der Waals surface area contributed by atoms with E-state index in [0.717, 1.165) is 25.7 Å². The molecule has 6 heteroatoms. The normalized spacial score (nSPS) is 26.8. The summed E-state index contributed by atoms with van der Waals surface area (Å²) >= 11 is 0. The lowest BCUT2D eigenvalue weighted by Crippen LogP contribution is -2.46. The van der Waals surface area contributed by atoms with E-state index in [1.807, 2.05) is 0 Å². The van der Waals surface area contributed by atoms with Crippen molar-refractivity contribution in [1.29, 1.82) is 0 Å². The molecule has 0 saturated carbocycles. The highest BCUT2D eigenvalue weighted by molar-refractivity contribution is 5.25. The molecule has 3 rings (SSSR count). The number of nitrogens with zero attached hydrogens (tertiary/aromatic N) is 2. The molecule has 1 atom stereocenters. The van der Waals surface area contributed by atoms with Gasteiger partial charge in [0.05, 0.1) is 11.2 Å². The average Bonchev–Trinajstić information content (AvgIpc) is 2.88. The van der Waals surface area contributed by atoms with Gasteiger partial charge in [-0.15, -0.1) is 0 Å². The summed E-state index contributed by atoms with van der Waals surface area (Å²) in [5.41, 5.74) is -0.700. The minimum atomic E-state index is -4.31. The second kappa shape index (κ2) is 7.02. The Morgan fingerprint density at radius 1 is 1.04 bits per heavy atom. The van der Waals surface area contributed by atoms with Crippen LogP contribution in [0.1, 0.15) is 36.8 Å². The first kappa shape index (κ1) is 17.7. The van der Waals surface area contributed by atoms with Crippen molar-refractivity contribution < 1.29 is 18.3 Å². The number of hydrogen-bond donors (Lipinski definition) is 1. The number of hydrogen-bond acceptors (Lipinski definition) is 3. The molecule has 134 valence electrons. The largest absolute Gasteiger partial charge is 0.416 e. The van der Waals surface area contributed by atoms with Crippen LogP contribution in [0.3, 0.4) is 0 Å². The number of rotatable bonds is 4. The van der Waals surface area contributed by atoms with Gasteiger partial charge in [-0.05, 0) is 44.0 Å². The Balaban J connectivity index is 1.57. The van der Waals surface area contributed by atoms with Gasteiger partial charge < -0.3 is 10.0 Å². The number of alkyl halides is 3. The second-order valence-corrected chi connectivity index (χ2v) is 7.22. The summed E-state index contributed by atoms with van der Waals surface area (Å²) in [4.78, 5) is 4.37. The molecule has 0 radical (unpaired) electrons. The maximum atomic E-state index is 12.8. The fraction of sp³-hybridized carbons (Fsp3) is 0.667. The van der Waals surface area contributed by atoms with Crippen molar-refractivity contribution in [1.82, 2.24) is 9.80 Å². The highest BCUT2D eigenvalue weighted by Gasteiger charge is 2.38. The van der Waals surface area contributed by atoms with E-state index in [-0.39, 0.29) is 0 Å². The van der Waals surface area contributed by atoms with Crippen LogP contribution in [0.5, 0.6) is 0 Å². The lowest BCUT2D eigenvalue weighted by atomic mass is 10.0. The topological polar surface area (TPSA) is 26.7 Å². The predicted octanol–water partition coefficient (Wildman–Crippen LogP) is 3.13. The molecule has 3 nitrogen and oxygen atoms in total. The van der Waals surface area contributed by atoms with Crippen molar-refractivity contribution in [2.75, 3.05) is 32.7 Å². The summed E-state index contributed by atoms with van der Waals surface area (Å²) in [6, 6.07) is 5.48. The van der Waals surface area contributed by atoms with Gasteiger partial charge in [-0.1, -0.05) is 24.6 Å². The molecule has 0 amide bonds. The number of aliphatic hydroxyl groups is 1. The molecule has 2 aliphatic rings. The number of piperidine rings is 1. The van der Waals surface area contributed by atoms with Crippen molar-refractivity contribution in [3.63, 3.8) is 0 Å². The number of β-amino-alcohol motifs (C(OH)–C–C–N with tert-alkyl or cyclic N) is 1. The van der Waals surface area contributed by atoms with E-state index in [1.165, 1.54) is 31.4 Å². The molecule has 0 aromatic heterocycles. The SMILES string of the molecule is O[C@]1(CN2CCCCC2)CCN(Cc2cccc(C(F)(F)F)c2)C1. The van der Waals surface area contributed by atoms with E-state index < -0.39 is 17.3 Å². The molecular weight excluding hydrogens is 317 g/mol. The van der Waals surface area contributed by atoms with E-state index in [1.54, 1.807) is 6.07 Å². The standard InChI is InChI=1S/C18H25F3N2O/c19-18(20,21)16-6-4-5-15(11-16)12-23-10-7-17(24,14-23)13-22-8-2-1-3-9-22/h4-6,11,24H,1-3,7-10,12-14H2/t17-/m0/s1. The number of halogens is 3. The van der Waals surface area contributed by atoms with Crippen LogP contribution in [0.25, 0.3) is 0 Å². The van der Waals surface area contributed by atoms with Crippen LogP contribution in [-0.2, 0) is 12.7 Å². The first-order valence-corrected chi connectivity index (χ1v) is 8.67.